The van der Waals surface area contributed by atoms with E-state index in [0.717, 1.165) is 18.8 Å². The van der Waals surface area contributed by atoms with Gasteiger partial charge in [0.2, 0.25) is 0 Å². The molecule has 0 bridgehead atoms. The number of nitriles is 1. The number of hydrogen-bond donors (Lipinski definition) is 2. The highest BCUT2D eigenvalue weighted by molar-refractivity contribution is 6.02. The number of carbonyl (C=O) groups excluding carboxylic acids is 1. The zero-order chi connectivity index (χ0) is 20.1. The third-order valence-corrected chi connectivity index (χ3v) is 4.77. The Morgan fingerprint density at radius 1 is 0.931 bits per heavy atom. The van der Waals surface area contributed by atoms with Crippen molar-refractivity contribution < 1.29 is 4.79 Å². The normalized spacial score (nSPS) is 13.0. The highest BCUT2D eigenvalue weighted by Crippen LogP contribution is 2.23. The van der Waals surface area contributed by atoms with E-state index in [9.17, 15) is 4.79 Å². The number of aromatic nitrogens is 2. The molecule has 1 fully saturated rings. The summed E-state index contributed by atoms with van der Waals surface area (Å²) >= 11 is 0. The molecule has 7 nitrogen and oxygen atoms in total. The monoisotopic (exact) mass is 384 g/mol. The van der Waals surface area contributed by atoms with Crippen LogP contribution in [0.15, 0.2) is 60.9 Å². The number of rotatable bonds is 5. The smallest absolute Gasteiger partial charge is 0.275 e. The highest BCUT2D eigenvalue weighted by Gasteiger charge is 2.12. The minimum absolute atomic E-state index is 0.212. The summed E-state index contributed by atoms with van der Waals surface area (Å²) in [5.74, 6) is 0.206. The van der Waals surface area contributed by atoms with Crippen LogP contribution in [0.25, 0.3) is 0 Å². The number of amides is 1. The summed E-state index contributed by atoms with van der Waals surface area (Å²) in [6, 6.07) is 16.9. The van der Waals surface area contributed by atoms with Crippen LogP contribution in [0.2, 0.25) is 0 Å². The molecule has 144 valence electrons. The Labute approximate surface area is 169 Å². The van der Waals surface area contributed by atoms with Crippen LogP contribution in [0.3, 0.4) is 0 Å². The fourth-order valence-electron chi connectivity index (χ4n) is 3.21. The summed E-state index contributed by atoms with van der Waals surface area (Å²) < 4.78 is 0. The topological polar surface area (TPSA) is 93.9 Å². The fraction of sp³-hybridized carbons (Fsp3) is 0.182. The third-order valence-electron chi connectivity index (χ3n) is 4.77. The van der Waals surface area contributed by atoms with Crippen LogP contribution in [0.5, 0.6) is 0 Å². The van der Waals surface area contributed by atoms with E-state index < -0.39 is 0 Å². The molecule has 1 aromatic heterocycles. The number of benzene rings is 2. The first-order chi connectivity index (χ1) is 14.2. The Morgan fingerprint density at radius 3 is 2.24 bits per heavy atom. The fourth-order valence-corrected chi connectivity index (χ4v) is 3.21. The van der Waals surface area contributed by atoms with Gasteiger partial charge in [-0.2, -0.15) is 5.26 Å². The lowest BCUT2D eigenvalue weighted by Gasteiger charge is -2.17. The number of anilines is 4. The van der Waals surface area contributed by atoms with Crippen molar-refractivity contribution in [3.8, 4) is 6.07 Å². The first-order valence-electron chi connectivity index (χ1n) is 9.47. The zero-order valence-corrected chi connectivity index (χ0v) is 15.8. The van der Waals surface area contributed by atoms with Gasteiger partial charge in [0.05, 0.1) is 24.0 Å². The largest absolute Gasteiger partial charge is 0.372 e. The maximum absolute atomic E-state index is 12.3. The van der Waals surface area contributed by atoms with Crippen LogP contribution in [0.1, 0.15) is 28.9 Å². The van der Waals surface area contributed by atoms with E-state index in [1.807, 2.05) is 18.2 Å². The van der Waals surface area contributed by atoms with Crippen LogP contribution in [-0.4, -0.2) is 29.0 Å². The van der Waals surface area contributed by atoms with Gasteiger partial charge >= 0.3 is 0 Å². The van der Waals surface area contributed by atoms with Crippen molar-refractivity contribution in [2.75, 3.05) is 28.6 Å². The number of hydrogen-bond acceptors (Lipinski definition) is 6. The van der Waals surface area contributed by atoms with Gasteiger partial charge in [-0.25, -0.2) is 9.97 Å². The molecule has 4 rings (SSSR count). The Morgan fingerprint density at radius 2 is 1.62 bits per heavy atom. The summed E-state index contributed by atoms with van der Waals surface area (Å²) in [7, 11) is 0. The van der Waals surface area contributed by atoms with Crippen LogP contribution < -0.4 is 15.5 Å². The molecule has 1 aliphatic rings. The lowest BCUT2D eigenvalue weighted by molar-refractivity contribution is 0.102. The molecule has 0 atom stereocenters. The van der Waals surface area contributed by atoms with Crippen molar-refractivity contribution in [2.24, 2.45) is 0 Å². The van der Waals surface area contributed by atoms with Gasteiger partial charge in [0.25, 0.3) is 5.91 Å². The third kappa shape index (κ3) is 4.50. The second kappa shape index (κ2) is 8.40. The second-order valence-corrected chi connectivity index (χ2v) is 6.80. The average molecular weight is 384 g/mol. The van der Waals surface area contributed by atoms with Gasteiger partial charge in [0, 0.05) is 30.2 Å². The van der Waals surface area contributed by atoms with Crippen molar-refractivity contribution in [3.63, 3.8) is 0 Å². The first-order valence-corrected chi connectivity index (χ1v) is 9.47. The minimum Gasteiger partial charge on any atom is -0.372 e. The Hall–Kier alpha value is -3.92. The molecule has 2 heterocycles. The molecule has 3 aromatic rings. The van der Waals surface area contributed by atoms with E-state index in [0.29, 0.717) is 17.1 Å². The minimum atomic E-state index is -0.358. The summed E-state index contributed by atoms with van der Waals surface area (Å²) in [4.78, 5) is 23.1. The highest BCUT2D eigenvalue weighted by atomic mass is 16.1. The summed E-state index contributed by atoms with van der Waals surface area (Å²) in [5.41, 5.74) is 3.48. The van der Waals surface area contributed by atoms with Gasteiger partial charge in [-0.3, -0.25) is 4.79 Å². The molecule has 1 saturated heterocycles. The molecular weight excluding hydrogens is 364 g/mol. The zero-order valence-electron chi connectivity index (χ0n) is 15.8. The van der Waals surface area contributed by atoms with Crippen molar-refractivity contribution >= 4 is 28.8 Å². The van der Waals surface area contributed by atoms with Crippen LogP contribution in [0, 0.1) is 11.3 Å². The number of nitrogens with one attached hydrogen (secondary N) is 2. The molecule has 2 N–H and O–H groups in total. The standard InChI is InChI=1S/C22H20N6O/c23-13-16-3-5-18(6-4-16)27-22(29)20-14-25-21(15-24-20)26-17-7-9-19(10-8-17)28-11-1-2-12-28/h3-10,14-15H,1-2,11-12H2,(H,25,26)(H,27,29). The van der Waals surface area contributed by atoms with Crippen molar-refractivity contribution in [2.45, 2.75) is 12.8 Å². The maximum atomic E-state index is 12.3. The quantitative estimate of drug-likeness (QED) is 0.692. The van der Waals surface area contributed by atoms with Gasteiger partial charge in [0.15, 0.2) is 0 Å². The summed E-state index contributed by atoms with van der Waals surface area (Å²) in [6.45, 7) is 2.23. The molecular formula is C22H20N6O. The Kier molecular flexibility index (Phi) is 5.34. The molecule has 29 heavy (non-hydrogen) atoms. The molecule has 0 spiro atoms. The van der Waals surface area contributed by atoms with Crippen molar-refractivity contribution in [1.29, 1.82) is 5.26 Å². The number of nitrogens with zero attached hydrogens (tertiary/aromatic N) is 4. The maximum Gasteiger partial charge on any atom is 0.275 e. The van der Waals surface area contributed by atoms with Crippen LogP contribution in [0.4, 0.5) is 22.9 Å². The molecule has 0 aliphatic carbocycles. The molecule has 2 aromatic carbocycles. The SMILES string of the molecule is N#Cc1ccc(NC(=O)c2cnc(Nc3ccc(N4CCCC4)cc3)cn2)cc1. The van der Waals surface area contributed by atoms with Gasteiger partial charge in [-0.05, 0) is 61.4 Å². The van der Waals surface area contributed by atoms with E-state index in [-0.39, 0.29) is 11.6 Å². The summed E-state index contributed by atoms with van der Waals surface area (Å²) in [6.07, 6.45) is 5.46. The first kappa shape index (κ1) is 18.4. The second-order valence-electron chi connectivity index (χ2n) is 6.80. The van der Waals surface area contributed by atoms with Gasteiger partial charge in [-0.1, -0.05) is 0 Å². The van der Waals surface area contributed by atoms with Crippen molar-refractivity contribution in [1.82, 2.24) is 9.97 Å². The van der Waals surface area contributed by atoms with Crippen LogP contribution in [-0.2, 0) is 0 Å². The van der Waals surface area contributed by atoms with E-state index in [1.165, 1.54) is 30.9 Å². The molecule has 0 radical (unpaired) electrons. The number of carbonyl (C=O) groups is 1. The van der Waals surface area contributed by atoms with E-state index in [2.05, 4.69) is 37.6 Å². The Bertz CT molecular complexity index is 1020. The van der Waals surface area contributed by atoms with Gasteiger partial charge in [0.1, 0.15) is 11.5 Å². The van der Waals surface area contributed by atoms with Crippen molar-refractivity contribution in [3.05, 3.63) is 72.2 Å². The molecule has 1 amide bonds. The lowest BCUT2D eigenvalue weighted by Crippen LogP contribution is -2.17. The predicted octanol–water partition coefficient (Wildman–Crippen LogP) is 3.94. The van der Waals surface area contributed by atoms with E-state index >= 15 is 0 Å². The predicted molar refractivity (Wildman–Crippen MR) is 112 cm³/mol. The van der Waals surface area contributed by atoms with Gasteiger partial charge < -0.3 is 15.5 Å². The molecule has 0 unspecified atom stereocenters. The molecule has 1 aliphatic heterocycles. The Balaban J connectivity index is 1.37. The summed E-state index contributed by atoms with van der Waals surface area (Å²) in [5, 5.41) is 14.8. The average Bonchev–Trinajstić information content (AvgIpc) is 3.30. The van der Waals surface area contributed by atoms with Gasteiger partial charge in [-0.15, -0.1) is 0 Å². The van der Waals surface area contributed by atoms with E-state index in [4.69, 9.17) is 5.26 Å². The lowest BCUT2D eigenvalue weighted by atomic mass is 10.2. The van der Waals surface area contributed by atoms with Crippen LogP contribution >= 0.6 is 0 Å². The molecule has 7 heteroatoms. The molecule has 0 saturated carbocycles. The van der Waals surface area contributed by atoms with E-state index in [1.54, 1.807) is 24.3 Å².